The van der Waals surface area contributed by atoms with Gasteiger partial charge in [0.1, 0.15) is 11.9 Å². The van der Waals surface area contributed by atoms with E-state index in [1.165, 1.54) is 0 Å². The largest absolute Gasteiger partial charge is 0.486 e. The molecule has 7 nitrogen and oxygen atoms in total. The molecule has 1 atom stereocenters. The first-order chi connectivity index (χ1) is 15.4. The molecule has 0 aliphatic heterocycles. The van der Waals surface area contributed by atoms with Gasteiger partial charge in [-0.05, 0) is 67.8 Å². The molecular formula is C25H29N3O4. The third-order valence-corrected chi connectivity index (χ3v) is 5.24. The lowest BCUT2D eigenvalue weighted by molar-refractivity contribution is -0.136. The van der Waals surface area contributed by atoms with Crippen LogP contribution in [0.15, 0.2) is 54.7 Å². The van der Waals surface area contributed by atoms with Gasteiger partial charge in [-0.15, -0.1) is 0 Å². The van der Waals surface area contributed by atoms with Crippen LogP contribution < -0.4 is 10.1 Å². The Bertz CT molecular complexity index is 1040. The Morgan fingerprint density at radius 3 is 2.34 bits per heavy atom. The highest BCUT2D eigenvalue weighted by Gasteiger charge is 2.14. The number of carbonyl (C=O) groups excluding carboxylic acids is 1. The number of carboxylic acids is 1. The molecule has 0 saturated carbocycles. The topological polar surface area (TPSA) is 93.5 Å². The van der Waals surface area contributed by atoms with Crippen molar-refractivity contribution in [2.24, 2.45) is 0 Å². The van der Waals surface area contributed by atoms with Gasteiger partial charge in [0.15, 0.2) is 0 Å². The van der Waals surface area contributed by atoms with Crippen molar-refractivity contribution < 1.29 is 19.4 Å². The van der Waals surface area contributed by atoms with Gasteiger partial charge < -0.3 is 15.2 Å². The van der Waals surface area contributed by atoms with Gasteiger partial charge in [0, 0.05) is 18.3 Å². The minimum atomic E-state index is -0.942. The normalized spacial score (nSPS) is 11.7. The van der Waals surface area contributed by atoms with E-state index in [1.807, 2.05) is 61.1 Å². The lowest BCUT2D eigenvalue weighted by atomic mass is 10.0. The fourth-order valence-electron chi connectivity index (χ4n) is 3.31. The highest BCUT2D eigenvalue weighted by molar-refractivity contribution is 5.94. The van der Waals surface area contributed by atoms with Gasteiger partial charge in [-0.2, -0.15) is 5.10 Å². The zero-order valence-electron chi connectivity index (χ0n) is 18.7. The van der Waals surface area contributed by atoms with E-state index in [9.17, 15) is 9.59 Å². The Morgan fingerprint density at radius 1 is 1.09 bits per heavy atom. The molecule has 0 bridgehead atoms. The van der Waals surface area contributed by atoms with Crippen molar-refractivity contribution in [1.29, 1.82) is 0 Å². The summed E-state index contributed by atoms with van der Waals surface area (Å²) in [6.45, 7) is 6.23. The van der Waals surface area contributed by atoms with Crippen LogP contribution in [0.3, 0.4) is 0 Å². The monoisotopic (exact) mass is 435 g/mol. The van der Waals surface area contributed by atoms with Crippen LogP contribution in [0.4, 0.5) is 0 Å². The SMILES string of the molecule is CCCC(Oc1ccc(-n2cc(C)c(C)n2)cc1)c1ccc(C(=O)NCCC(=O)O)cc1. The first-order valence-electron chi connectivity index (χ1n) is 10.8. The zero-order valence-corrected chi connectivity index (χ0v) is 18.7. The van der Waals surface area contributed by atoms with Gasteiger partial charge in [0.05, 0.1) is 17.8 Å². The van der Waals surface area contributed by atoms with E-state index >= 15 is 0 Å². The minimum absolute atomic E-state index is 0.102. The Morgan fingerprint density at radius 2 is 1.78 bits per heavy atom. The fraction of sp³-hybridized carbons (Fsp3) is 0.320. The molecule has 0 aliphatic rings. The molecule has 2 aromatic carbocycles. The Hall–Kier alpha value is -3.61. The van der Waals surface area contributed by atoms with E-state index in [-0.39, 0.29) is 25.0 Å². The van der Waals surface area contributed by atoms with E-state index in [2.05, 4.69) is 17.3 Å². The molecule has 32 heavy (non-hydrogen) atoms. The number of carboxylic acid groups (broad SMARTS) is 1. The van der Waals surface area contributed by atoms with Gasteiger partial charge in [-0.1, -0.05) is 25.5 Å². The number of amides is 1. The molecule has 0 saturated heterocycles. The van der Waals surface area contributed by atoms with Crippen LogP contribution >= 0.6 is 0 Å². The highest BCUT2D eigenvalue weighted by atomic mass is 16.5. The summed E-state index contributed by atoms with van der Waals surface area (Å²) < 4.78 is 8.12. The Labute approximate surface area is 188 Å². The number of carbonyl (C=O) groups is 2. The van der Waals surface area contributed by atoms with Crippen LogP contribution in [0.5, 0.6) is 5.75 Å². The number of nitrogens with zero attached hydrogens (tertiary/aromatic N) is 2. The molecule has 0 aliphatic carbocycles. The molecule has 0 spiro atoms. The molecule has 168 valence electrons. The highest BCUT2D eigenvalue weighted by Crippen LogP contribution is 2.27. The van der Waals surface area contributed by atoms with Gasteiger partial charge in [-0.25, -0.2) is 4.68 Å². The maximum absolute atomic E-state index is 12.2. The summed E-state index contributed by atoms with van der Waals surface area (Å²) in [5.41, 5.74) is 4.60. The van der Waals surface area contributed by atoms with E-state index < -0.39 is 5.97 Å². The number of benzene rings is 2. The third kappa shape index (κ3) is 5.97. The molecule has 1 unspecified atom stereocenters. The predicted molar refractivity (Wildman–Crippen MR) is 122 cm³/mol. The molecule has 0 radical (unpaired) electrons. The van der Waals surface area contributed by atoms with Crippen molar-refractivity contribution in [1.82, 2.24) is 15.1 Å². The number of rotatable bonds is 10. The molecular weight excluding hydrogens is 406 g/mol. The number of aromatic nitrogens is 2. The summed E-state index contributed by atoms with van der Waals surface area (Å²) in [6.07, 6.45) is 3.55. The smallest absolute Gasteiger partial charge is 0.305 e. The fourth-order valence-corrected chi connectivity index (χ4v) is 3.31. The van der Waals surface area contributed by atoms with Crippen LogP contribution in [0.2, 0.25) is 0 Å². The second-order valence-electron chi connectivity index (χ2n) is 7.75. The molecule has 1 aromatic heterocycles. The molecule has 3 aromatic rings. The number of ether oxygens (including phenoxy) is 1. The van der Waals surface area contributed by atoms with E-state index in [4.69, 9.17) is 9.84 Å². The van der Waals surface area contributed by atoms with Crippen LogP contribution in [0.1, 0.15) is 59.5 Å². The summed E-state index contributed by atoms with van der Waals surface area (Å²) >= 11 is 0. The number of hydrogen-bond donors (Lipinski definition) is 2. The Kier molecular flexibility index (Phi) is 7.65. The van der Waals surface area contributed by atoms with Crippen molar-refractivity contribution in [2.45, 2.75) is 46.1 Å². The van der Waals surface area contributed by atoms with Crippen molar-refractivity contribution in [3.05, 3.63) is 77.1 Å². The number of nitrogens with one attached hydrogen (secondary N) is 1. The molecule has 0 fully saturated rings. The summed E-state index contributed by atoms with van der Waals surface area (Å²) in [4.78, 5) is 22.7. The minimum Gasteiger partial charge on any atom is -0.486 e. The zero-order chi connectivity index (χ0) is 23.1. The van der Waals surface area contributed by atoms with Gasteiger partial charge in [0.25, 0.3) is 5.91 Å². The summed E-state index contributed by atoms with van der Waals surface area (Å²) in [5.74, 6) is -0.461. The Balaban J connectivity index is 1.67. The lowest BCUT2D eigenvalue weighted by Gasteiger charge is -2.19. The standard InChI is InChI=1S/C25H29N3O4/c1-4-5-23(19-6-8-20(9-7-19)25(31)26-15-14-24(29)30)32-22-12-10-21(11-13-22)28-16-17(2)18(3)27-28/h6-13,16,23H,4-5,14-15H2,1-3H3,(H,26,31)(H,29,30). The quantitative estimate of drug-likeness (QED) is 0.485. The van der Waals surface area contributed by atoms with Crippen LogP contribution in [0, 0.1) is 13.8 Å². The molecule has 7 heteroatoms. The van der Waals surface area contributed by atoms with Crippen LogP contribution in [0.25, 0.3) is 5.69 Å². The van der Waals surface area contributed by atoms with E-state index in [1.54, 1.807) is 12.1 Å². The van der Waals surface area contributed by atoms with Crippen molar-refractivity contribution in [3.63, 3.8) is 0 Å². The third-order valence-electron chi connectivity index (χ3n) is 5.24. The second kappa shape index (κ2) is 10.6. The summed E-state index contributed by atoms with van der Waals surface area (Å²) in [6, 6.07) is 15.1. The molecule has 1 amide bonds. The van der Waals surface area contributed by atoms with Gasteiger partial charge in [-0.3, -0.25) is 9.59 Å². The van der Waals surface area contributed by atoms with E-state index in [0.717, 1.165) is 41.1 Å². The lowest BCUT2D eigenvalue weighted by Crippen LogP contribution is -2.26. The van der Waals surface area contributed by atoms with E-state index in [0.29, 0.717) is 5.56 Å². The summed E-state index contributed by atoms with van der Waals surface area (Å²) in [7, 11) is 0. The maximum atomic E-state index is 12.2. The molecule has 2 N–H and O–H groups in total. The second-order valence-corrected chi connectivity index (χ2v) is 7.75. The number of hydrogen-bond acceptors (Lipinski definition) is 4. The van der Waals surface area contributed by atoms with Crippen molar-refractivity contribution in [3.8, 4) is 11.4 Å². The van der Waals surface area contributed by atoms with Crippen molar-refractivity contribution >= 4 is 11.9 Å². The van der Waals surface area contributed by atoms with Gasteiger partial charge in [0.2, 0.25) is 0 Å². The van der Waals surface area contributed by atoms with Crippen LogP contribution in [-0.2, 0) is 4.79 Å². The molecule has 1 heterocycles. The maximum Gasteiger partial charge on any atom is 0.305 e. The van der Waals surface area contributed by atoms with Crippen molar-refractivity contribution in [2.75, 3.05) is 6.54 Å². The first kappa shape index (κ1) is 23.1. The summed E-state index contributed by atoms with van der Waals surface area (Å²) in [5, 5.41) is 15.8. The predicted octanol–water partition coefficient (Wildman–Crippen LogP) is 4.61. The average molecular weight is 436 g/mol. The number of aryl methyl sites for hydroxylation is 2. The van der Waals surface area contributed by atoms with Gasteiger partial charge >= 0.3 is 5.97 Å². The average Bonchev–Trinajstić information content (AvgIpc) is 3.12. The molecule has 3 rings (SSSR count). The number of aliphatic carboxylic acids is 1. The van der Waals surface area contributed by atoms with Crippen LogP contribution in [-0.4, -0.2) is 33.3 Å². The first-order valence-corrected chi connectivity index (χ1v) is 10.8.